The lowest BCUT2D eigenvalue weighted by atomic mass is 10.0. The number of rotatable bonds is 6. The molecular formula is C18H22N2O4S2. The maximum absolute atomic E-state index is 12.5. The Hall–Kier alpha value is -1.93. The lowest BCUT2D eigenvalue weighted by molar-refractivity contribution is -0.126. The molecule has 140 valence electrons. The van der Waals surface area contributed by atoms with E-state index in [0.29, 0.717) is 19.4 Å². The molecule has 8 heteroatoms. The number of amides is 2. The SMILES string of the molecule is CCCC(=O)N[C@@H]1CS(=O)(=O)C[C@H]1C(=O)NCc1ccc2sccc2c1. The first-order valence-electron chi connectivity index (χ1n) is 8.61. The first-order chi connectivity index (χ1) is 12.4. The molecule has 2 N–H and O–H groups in total. The van der Waals surface area contributed by atoms with E-state index in [-0.39, 0.29) is 23.3 Å². The third-order valence-electron chi connectivity index (χ3n) is 4.50. The minimum Gasteiger partial charge on any atom is -0.352 e. The van der Waals surface area contributed by atoms with Gasteiger partial charge in [-0.15, -0.1) is 11.3 Å². The number of thiophene rings is 1. The summed E-state index contributed by atoms with van der Waals surface area (Å²) in [6, 6.07) is 7.34. The molecule has 0 spiro atoms. The topological polar surface area (TPSA) is 92.3 Å². The van der Waals surface area contributed by atoms with Crippen LogP contribution in [-0.2, 0) is 26.0 Å². The fourth-order valence-electron chi connectivity index (χ4n) is 3.20. The normalized spacial score (nSPS) is 21.6. The van der Waals surface area contributed by atoms with E-state index < -0.39 is 21.8 Å². The molecule has 2 heterocycles. The Balaban J connectivity index is 1.65. The third kappa shape index (κ3) is 4.42. The van der Waals surface area contributed by atoms with Gasteiger partial charge in [0, 0.05) is 17.7 Å². The molecular weight excluding hydrogens is 372 g/mol. The summed E-state index contributed by atoms with van der Waals surface area (Å²) in [6.45, 7) is 2.20. The van der Waals surface area contributed by atoms with Crippen molar-refractivity contribution >= 4 is 43.1 Å². The summed E-state index contributed by atoms with van der Waals surface area (Å²) >= 11 is 1.66. The van der Waals surface area contributed by atoms with Gasteiger partial charge in [-0.1, -0.05) is 13.0 Å². The molecule has 3 rings (SSSR count). The number of hydrogen-bond acceptors (Lipinski definition) is 5. The maximum atomic E-state index is 12.5. The van der Waals surface area contributed by atoms with Gasteiger partial charge in [-0.2, -0.15) is 0 Å². The van der Waals surface area contributed by atoms with E-state index in [1.165, 1.54) is 4.70 Å². The van der Waals surface area contributed by atoms with Crippen molar-refractivity contribution in [3.05, 3.63) is 35.2 Å². The van der Waals surface area contributed by atoms with Gasteiger partial charge in [0.05, 0.1) is 23.5 Å². The quantitative estimate of drug-likeness (QED) is 0.782. The first kappa shape index (κ1) is 18.8. The van der Waals surface area contributed by atoms with Crippen LogP contribution >= 0.6 is 11.3 Å². The van der Waals surface area contributed by atoms with E-state index in [1.807, 2.05) is 36.6 Å². The standard InChI is InChI=1S/C18H22N2O4S2/c1-2-3-17(21)20-15-11-26(23,24)10-14(15)18(22)19-9-12-4-5-16-13(8-12)6-7-25-16/h4-8,14-15H,2-3,9-11H2,1H3,(H,19,22)(H,20,21)/t14-,15-/m1/s1. The monoisotopic (exact) mass is 394 g/mol. The van der Waals surface area contributed by atoms with E-state index in [0.717, 1.165) is 10.9 Å². The molecule has 6 nitrogen and oxygen atoms in total. The minimum atomic E-state index is -3.33. The van der Waals surface area contributed by atoms with Crippen molar-refractivity contribution in [1.82, 2.24) is 10.6 Å². The lowest BCUT2D eigenvalue weighted by Gasteiger charge is -2.19. The van der Waals surface area contributed by atoms with Crippen LogP contribution in [0.4, 0.5) is 0 Å². The molecule has 0 saturated carbocycles. The molecule has 1 aliphatic heterocycles. The summed E-state index contributed by atoms with van der Waals surface area (Å²) in [4.78, 5) is 24.4. The summed E-state index contributed by atoms with van der Waals surface area (Å²) in [7, 11) is -3.33. The fourth-order valence-corrected chi connectivity index (χ4v) is 5.90. The van der Waals surface area contributed by atoms with Crippen molar-refractivity contribution in [2.75, 3.05) is 11.5 Å². The second kappa shape index (κ2) is 7.75. The highest BCUT2D eigenvalue weighted by Crippen LogP contribution is 2.23. The predicted molar refractivity (Wildman–Crippen MR) is 103 cm³/mol. The minimum absolute atomic E-state index is 0.179. The van der Waals surface area contributed by atoms with Gasteiger partial charge in [0.1, 0.15) is 0 Å². The lowest BCUT2D eigenvalue weighted by Crippen LogP contribution is -2.46. The second-order valence-corrected chi connectivity index (χ2v) is 9.72. The van der Waals surface area contributed by atoms with Crippen LogP contribution < -0.4 is 10.6 Å². The average Bonchev–Trinajstić information content (AvgIpc) is 3.16. The van der Waals surface area contributed by atoms with E-state index in [4.69, 9.17) is 0 Å². The average molecular weight is 395 g/mol. The Kier molecular flexibility index (Phi) is 5.62. The molecule has 1 aliphatic rings. The van der Waals surface area contributed by atoms with Crippen molar-refractivity contribution in [2.45, 2.75) is 32.4 Å². The number of nitrogens with one attached hydrogen (secondary N) is 2. The largest absolute Gasteiger partial charge is 0.352 e. The molecule has 0 aliphatic carbocycles. The Labute approximate surface area is 156 Å². The molecule has 1 aromatic heterocycles. The summed E-state index contributed by atoms with van der Waals surface area (Å²) in [5.74, 6) is -1.69. The van der Waals surface area contributed by atoms with Gasteiger partial charge >= 0.3 is 0 Å². The van der Waals surface area contributed by atoms with Crippen molar-refractivity contribution in [1.29, 1.82) is 0 Å². The zero-order chi connectivity index (χ0) is 18.7. The van der Waals surface area contributed by atoms with E-state index in [9.17, 15) is 18.0 Å². The molecule has 0 radical (unpaired) electrons. The molecule has 26 heavy (non-hydrogen) atoms. The van der Waals surface area contributed by atoms with Gasteiger partial charge in [0.25, 0.3) is 0 Å². The maximum Gasteiger partial charge on any atom is 0.226 e. The summed E-state index contributed by atoms with van der Waals surface area (Å²) in [5.41, 5.74) is 0.955. The van der Waals surface area contributed by atoms with Gasteiger partial charge in [0.2, 0.25) is 11.8 Å². The molecule has 2 aromatic rings. The zero-order valence-electron chi connectivity index (χ0n) is 14.5. The van der Waals surface area contributed by atoms with Gasteiger partial charge in [-0.25, -0.2) is 8.42 Å². The smallest absolute Gasteiger partial charge is 0.226 e. The van der Waals surface area contributed by atoms with Crippen LogP contribution in [0.5, 0.6) is 0 Å². The predicted octanol–water partition coefficient (Wildman–Crippen LogP) is 1.85. The van der Waals surface area contributed by atoms with Crippen LogP contribution in [0.1, 0.15) is 25.3 Å². The number of carbonyl (C=O) groups excluding carboxylic acids is 2. The van der Waals surface area contributed by atoms with Gasteiger partial charge in [-0.05, 0) is 40.9 Å². The first-order valence-corrected chi connectivity index (χ1v) is 11.3. The zero-order valence-corrected chi connectivity index (χ0v) is 16.2. The van der Waals surface area contributed by atoms with Crippen LogP contribution in [0, 0.1) is 5.92 Å². The highest BCUT2D eigenvalue weighted by molar-refractivity contribution is 7.91. The molecule has 0 bridgehead atoms. The van der Waals surface area contributed by atoms with Crippen LogP contribution in [0.3, 0.4) is 0 Å². The molecule has 1 fully saturated rings. The Morgan fingerprint density at radius 1 is 1.23 bits per heavy atom. The molecule has 1 aromatic carbocycles. The van der Waals surface area contributed by atoms with Crippen LogP contribution in [0.15, 0.2) is 29.6 Å². The highest BCUT2D eigenvalue weighted by Gasteiger charge is 2.42. The van der Waals surface area contributed by atoms with Crippen LogP contribution in [0.2, 0.25) is 0 Å². The molecule has 0 unspecified atom stereocenters. The number of carbonyl (C=O) groups is 2. The summed E-state index contributed by atoms with van der Waals surface area (Å²) < 4.78 is 25.1. The Bertz CT molecular complexity index is 920. The Morgan fingerprint density at radius 3 is 2.81 bits per heavy atom. The molecule has 2 amide bonds. The van der Waals surface area contributed by atoms with Crippen molar-refractivity contribution in [3.8, 4) is 0 Å². The van der Waals surface area contributed by atoms with Crippen LogP contribution in [-0.4, -0.2) is 37.8 Å². The van der Waals surface area contributed by atoms with Gasteiger partial charge in [0.15, 0.2) is 9.84 Å². The number of sulfone groups is 1. The van der Waals surface area contributed by atoms with Crippen molar-refractivity contribution < 1.29 is 18.0 Å². The number of benzene rings is 1. The van der Waals surface area contributed by atoms with Gasteiger partial charge in [-0.3, -0.25) is 9.59 Å². The summed E-state index contributed by atoms with van der Waals surface area (Å²) in [5, 5.41) is 8.66. The van der Waals surface area contributed by atoms with Gasteiger partial charge < -0.3 is 10.6 Å². The number of hydrogen-bond donors (Lipinski definition) is 2. The third-order valence-corrected chi connectivity index (χ3v) is 7.13. The van der Waals surface area contributed by atoms with Crippen molar-refractivity contribution in [2.24, 2.45) is 5.92 Å². The molecule has 1 saturated heterocycles. The van der Waals surface area contributed by atoms with Crippen molar-refractivity contribution in [3.63, 3.8) is 0 Å². The highest BCUT2D eigenvalue weighted by atomic mass is 32.2. The van der Waals surface area contributed by atoms with Crippen LogP contribution in [0.25, 0.3) is 10.1 Å². The summed E-state index contributed by atoms with van der Waals surface area (Å²) in [6.07, 6.45) is 0.999. The van der Waals surface area contributed by atoms with E-state index >= 15 is 0 Å². The van der Waals surface area contributed by atoms with E-state index in [2.05, 4.69) is 10.6 Å². The Morgan fingerprint density at radius 2 is 2.04 bits per heavy atom. The van der Waals surface area contributed by atoms with E-state index in [1.54, 1.807) is 11.3 Å². The second-order valence-electron chi connectivity index (χ2n) is 6.62. The number of fused-ring (bicyclic) bond motifs is 1. The molecule has 2 atom stereocenters. The fraction of sp³-hybridized carbons (Fsp3) is 0.444.